The third-order valence-corrected chi connectivity index (χ3v) is 4.34. The molecule has 3 nitrogen and oxygen atoms in total. The van der Waals surface area contributed by atoms with Gasteiger partial charge in [0, 0.05) is 12.1 Å². The molecule has 0 saturated heterocycles. The van der Waals surface area contributed by atoms with Crippen molar-refractivity contribution in [3.63, 3.8) is 0 Å². The zero-order chi connectivity index (χ0) is 14.9. The molecule has 0 bridgehead atoms. The van der Waals surface area contributed by atoms with E-state index in [4.69, 9.17) is 5.73 Å². The lowest BCUT2D eigenvalue weighted by Crippen LogP contribution is -2.54. The van der Waals surface area contributed by atoms with Crippen molar-refractivity contribution in [2.45, 2.75) is 31.7 Å². The first kappa shape index (κ1) is 13.7. The molecule has 0 aliphatic heterocycles. The van der Waals surface area contributed by atoms with Crippen LogP contribution in [0.15, 0.2) is 48.5 Å². The van der Waals surface area contributed by atoms with Crippen LogP contribution in [0.3, 0.4) is 0 Å². The van der Waals surface area contributed by atoms with Gasteiger partial charge in [0.2, 0.25) is 5.91 Å². The van der Waals surface area contributed by atoms with Crippen LogP contribution in [0.5, 0.6) is 0 Å². The first-order valence-corrected chi connectivity index (χ1v) is 7.31. The van der Waals surface area contributed by atoms with Crippen molar-refractivity contribution in [1.29, 1.82) is 0 Å². The van der Waals surface area contributed by atoms with Crippen LogP contribution in [0.4, 0.5) is 5.69 Å². The predicted molar refractivity (Wildman–Crippen MR) is 85.2 cm³/mol. The van der Waals surface area contributed by atoms with Gasteiger partial charge in [0.25, 0.3) is 0 Å². The number of anilines is 1. The van der Waals surface area contributed by atoms with Crippen LogP contribution in [0, 0.1) is 6.92 Å². The minimum Gasteiger partial charge on any atom is -0.371 e. The molecule has 1 unspecified atom stereocenters. The van der Waals surface area contributed by atoms with Gasteiger partial charge in [-0.3, -0.25) is 4.79 Å². The van der Waals surface area contributed by atoms with E-state index in [0.29, 0.717) is 6.42 Å². The highest BCUT2D eigenvalue weighted by molar-refractivity contribution is 5.89. The van der Waals surface area contributed by atoms with E-state index in [1.807, 2.05) is 43.3 Å². The zero-order valence-electron chi connectivity index (χ0n) is 12.2. The maximum absolute atomic E-state index is 12.1. The molecule has 0 radical (unpaired) electrons. The van der Waals surface area contributed by atoms with Gasteiger partial charge < -0.3 is 11.1 Å². The Kier molecular flexibility index (Phi) is 3.42. The molecule has 1 aliphatic carbocycles. The average Bonchev–Trinajstić information content (AvgIpc) is 2.49. The first-order chi connectivity index (χ1) is 10.1. The van der Waals surface area contributed by atoms with E-state index in [1.54, 1.807) is 0 Å². The summed E-state index contributed by atoms with van der Waals surface area (Å²) >= 11 is 0. The number of aryl methyl sites for hydroxylation is 2. The molecule has 0 aromatic heterocycles. The molecule has 21 heavy (non-hydrogen) atoms. The molecule has 1 amide bonds. The van der Waals surface area contributed by atoms with Gasteiger partial charge in [-0.25, -0.2) is 0 Å². The highest BCUT2D eigenvalue weighted by Crippen LogP contribution is 2.31. The average molecular weight is 280 g/mol. The van der Waals surface area contributed by atoms with Gasteiger partial charge in [-0.05, 0) is 43.0 Å². The Balaban J connectivity index is 1.91. The Bertz CT molecular complexity index is 663. The molecule has 3 rings (SSSR count). The Hall–Kier alpha value is -2.29. The fourth-order valence-electron chi connectivity index (χ4n) is 3.03. The van der Waals surface area contributed by atoms with Crippen molar-refractivity contribution in [2.24, 2.45) is 5.73 Å². The molecule has 0 fully saturated rings. The van der Waals surface area contributed by atoms with Crippen molar-refractivity contribution >= 4 is 11.6 Å². The summed E-state index contributed by atoms with van der Waals surface area (Å²) in [5.74, 6) is -0.280. The molecule has 108 valence electrons. The first-order valence-electron chi connectivity index (χ1n) is 7.31. The molecular formula is C18H20N2O. The molecule has 3 N–H and O–H groups in total. The van der Waals surface area contributed by atoms with Crippen molar-refractivity contribution in [3.05, 3.63) is 65.2 Å². The molecule has 0 spiro atoms. The molecule has 1 atom stereocenters. The third-order valence-electron chi connectivity index (χ3n) is 4.34. The summed E-state index contributed by atoms with van der Waals surface area (Å²) in [6.45, 7) is 2.05. The standard InChI is InChI=1S/C18H20N2O/c1-13-6-8-16(9-7-13)20-18(17(19)21)11-10-14-4-2-3-5-15(14)12-18/h2-9,20H,10-12H2,1H3,(H2,19,21). The number of nitrogens with two attached hydrogens (primary N) is 1. The van der Waals surface area contributed by atoms with Gasteiger partial charge in [-0.1, -0.05) is 42.0 Å². The molecule has 1 aliphatic rings. The summed E-state index contributed by atoms with van der Waals surface area (Å²) in [7, 11) is 0. The van der Waals surface area contributed by atoms with Crippen LogP contribution < -0.4 is 11.1 Å². The lowest BCUT2D eigenvalue weighted by molar-refractivity contribution is -0.122. The van der Waals surface area contributed by atoms with E-state index in [1.165, 1.54) is 16.7 Å². The molecule has 0 saturated carbocycles. The number of carbonyl (C=O) groups is 1. The van der Waals surface area contributed by atoms with Crippen LogP contribution in [0.1, 0.15) is 23.1 Å². The predicted octanol–water partition coefficient (Wildman–Crippen LogP) is 2.82. The lowest BCUT2D eigenvalue weighted by Gasteiger charge is -2.37. The fraction of sp³-hybridized carbons (Fsp3) is 0.278. The second kappa shape index (κ2) is 5.24. The second-order valence-electron chi connectivity index (χ2n) is 5.88. The third kappa shape index (κ3) is 2.64. The number of primary amides is 1. The van der Waals surface area contributed by atoms with Crippen LogP contribution in [-0.2, 0) is 17.6 Å². The normalized spacial score (nSPS) is 20.6. The maximum Gasteiger partial charge on any atom is 0.243 e. The van der Waals surface area contributed by atoms with Gasteiger partial charge in [-0.15, -0.1) is 0 Å². The quantitative estimate of drug-likeness (QED) is 0.908. The van der Waals surface area contributed by atoms with Crippen LogP contribution in [0.25, 0.3) is 0 Å². The smallest absolute Gasteiger partial charge is 0.243 e. The Labute approximate surface area is 125 Å². The van der Waals surface area contributed by atoms with Crippen LogP contribution >= 0.6 is 0 Å². The van der Waals surface area contributed by atoms with Gasteiger partial charge >= 0.3 is 0 Å². The van der Waals surface area contributed by atoms with Crippen molar-refractivity contribution in [1.82, 2.24) is 0 Å². The summed E-state index contributed by atoms with van der Waals surface area (Å²) in [6.07, 6.45) is 2.25. The van der Waals surface area contributed by atoms with E-state index < -0.39 is 5.54 Å². The summed E-state index contributed by atoms with van der Waals surface area (Å²) in [6, 6.07) is 16.4. The lowest BCUT2D eigenvalue weighted by atomic mass is 9.77. The molecule has 2 aromatic rings. The number of carbonyl (C=O) groups excluding carboxylic acids is 1. The van der Waals surface area contributed by atoms with Gasteiger partial charge in [0.15, 0.2) is 0 Å². The number of nitrogens with one attached hydrogen (secondary N) is 1. The Morgan fingerprint density at radius 1 is 1.10 bits per heavy atom. The number of benzene rings is 2. The minimum atomic E-state index is -0.691. The summed E-state index contributed by atoms with van der Waals surface area (Å²) in [5, 5.41) is 3.39. The van der Waals surface area contributed by atoms with E-state index in [2.05, 4.69) is 17.4 Å². The van der Waals surface area contributed by atoms with Crippen LogP contribution in [-0.4, -0.2) is 11.4 Å². The van der Waals surface area contributed by atoms with E-state index in [-0.39, 0.29) is 5.91 Å². The highest BCUT2D eigenvalue weighted by atomic mass is 16.1. The molecule has 2 aromatic carbocycles. The van der Waals surface area contributed by atoms with Gasteiger partial charge in [0.1, 0.15) is 5.54 Å². The molecular weight excluding hydrogens is 260 g/mol. The Morgan fingerprint density at radius 2 is 1.76 bits per heavy atom. The van der Waals surface area contributed by atoms with Crippen LogP contribution in [0.2, 0.25) is 0 Å². The number of rotatable bonds is 3. The molecule has 0 heterocycles. The summed E-state index contributed by atoms with van der Waals surface area (Å²) in [4.78, 5) is 12.1. The Morgan fingerprint density at radius 3 is 2.43 bits per heavy atom. The van der Waals surface area contributed by atoms with Crippen molar-refractivity contribution < 1.29 is 4.79 Å². The maximum atomic E-state index is 12.1. The van der Waals surface area contributed by atoms with E-state index in [0.717, 1.165) is 18.5 Å². The minimum absolute atomic E-state index is 0.280. The summed E-state index contributed by atoms with van der Waals surface area (Å²) in [5.41, 5.74) is 9.71. The largest absolute Gasteiger partial charge is 0.371 e. The SMILES string of the molecule is Cc1ccc(NC2(C(N)=O)CCc3ccccc3C2)cc1. The van der Waals surface area contributed by atoms with Crippen molar-refractivity contribution in [2.75, 3.05) is 5.32 Å². The highest BCUT2D eigenvalue weighted by Gasteiger charge is 2.39. The summed E-state index contributed by atoms with van der Waals surface area (Å²) < 4.78 is 0. The number of fused-ring (bicyclic) bond motifs is 1. The van der Waals surface area contributed by atoms with E-state index >= 15 is 0 Å². The van der Waals surface area contributed by atoms with E-state index in [9.17, 15) is 4.79 Å². The zero-order valence-corrected chi connectivity index (χ0v) is 12.2. The van der Waals surface area contributed by atoms with Gasteiger partial charge in [-0.2, -0.15) is 0 Å². The topological polar surface area (TPSA) is 55.1 Å². The van der Waals surface area contributed by atoms with Crippen molar-refractivity contribution in [3.8, 4) is 0 Å². The van der Waals surface area contributed by atoms with Gasteiger partial charge in [0.05, 0.1) is 0 Å². The fourth-order valence-corrected chi connectivity index (χ4v) is 3.03. The number of hydrogen-bond acceptors (Lipinski definition) is 2. The second-order valence-corrected chi connectivity index (χ2v) is 5.88. The number of hydrogen-bond donors (Lipinski definition) is 2. The molecule has 3 heteroatoms. The monoisotopic (exact) mass is 280 g/mol. The number of amides is 1.